The summed E-state index contributed by atoms with van der Waals surface area (Å²) in [6, 6.07) is 9.68. The van der Waals surface area contributed by atoms with Crippen LogP contribution in [0.2, 0.25) is 0 Å². The molecule has 0 aliphatic carbocycles. The molecule has 3 rings (SSSR count). The fraction of sp³-hybridized carbons (Fsp3) is 0.118. The number of anilines is 1. The molecule has 0 spiro atoms. The number of aromatic nitrogens is 2. The Bertz CT molecular complexity index is 826. The van der Waals surface area contributed by atoms with Gasteiger partial charge in [-0.05, 0) is 30.7 Å². The third kappa shape index (κ3) is 3.04. The number of nitrogens with one attached hydrogen (secondary N) is 1. The van der Waals surface area contributed by atoms with Gasteiger partial charge in [-0.15, -0.1) is 11.3 Å². The van der Waals surface area contributed by atoms with E-state index < -0.39 is 0 Å². The van der Waals surface area contributed by atoms with Crippen LogP contribution in [-0.4, -0.2) is 15.9 Å². The number of pyridine rings is 1. The molecule has 0 saturated carbocycles. The molecule has 1 N–H and O–H groups in total. The molecule has 0 radical (unpaired) electrons. The van der Waals surface area contributed by atoms with E-state index in [2.05, 4.69) is 10.3 Å². The van der Waals surface area contributed by atoms with Gasteiger partial charge in [0, 0.05) is 41.5 Å². The molecule has 0 fully saturated rings. The number of hydrogen-bond donors (Lipinski definition) is 1. The van der Waals surface area contributed by atoms with E-state index in [1.165, 1.54) is 6.92 Å². The summed E-state index contributed by atoms with van der Waals surface area (Å²) in [6.07, 6.45) is 3.62. The minimum absolute atomic E-state index is 0.0806. The molecular formula is C17H15N3OS. The predicted octanol–water partition coefficient (Wildman–Crippen LogP) is 4.14. The van der Waals surface area contributed by atoms with E-state index in [-0.39, 0.29) is 5.91 Å². The maximum atomic E-state index is 11.2. The highest BCUT2D eigenvalue weighted by molar-refractivity contribution is 7.13. The zero-order valence-electron chi connectivity index (χ0n) is 12.3. The first kappa shape index (κ1) is 14.4. The van der Waals surface area contributed by atoms with Crippen molar-refractivity contribution in [1.29, 1.82) is 0 Å². The summed E-state index contributed by atoms with van der Waals surface area (Å²) in [5.74, 6) is -0.0806. The van der Waals surface area contributed by atoms with Gasteiger partial charge in [0.15, 0.2) is 0 Å². The molecule has 0 unspecified atom stereocenters. The van der Waals surface area contributed by atoms with Gasteiger partial charge in [0.05, 0.1) is 5.69 Å². The molecule has 0 saturated heterocycles. The van der Waals surface area contributed by atoms with Crippen molar-refractivity contribution < 1.29 is 4.79 Å². The second-order valence-electron chi connectivity index (χ2n) is 4.99. The smallest absolute Gasteiger partial charge is 0.221 e. The van der Waals surface area contributed by atoms with E-state index in [1.807, 2.05) is 48.8 Å². The number of carbonyl (C=O) groups is 1. The van der Waals surface area contributed by atoms with E-state index in [1.54, 1.807) is 17.5 Å². The molecule has 0 aliphatic rings. The molecule has 5 heteroatoms. The monoisotopic (exact) mass is 309 g/mol. The number of amides is 1. The number of thiazole rings is 1. The molecule has 2 aromatic heterocycles. The number of carbonyl (C=O) groups excluding carboxylic acids is 1. The van der Waals surface area contributed by atoms with Crippen LogP contribution in [0.5, 0.6) is 0 Å². The second-order valence-corrected chi connectivity index (χ2v) is 5.85. The van der Waals surface area contributed by atoms with Crippen LogP contribution in [0.15, 0.2) is 48.1 Å². The van der Waals surface area contributed by atoms with Crippen LogP contribution in [0.4, 0.5) is 5.69 Å². The van der Waals surface area contributed by atoms with E-state index in [0.717, 1.165) is 33.1 Å². The van der Waals surface area contributed by atoms with Gasteiger partial charge in [-0.2, -0.15) is 0 Å². The van der Waals surface area contributed by atoms with E-state index in [9.17, 15) is 4.79 Å². The number of benzene rings is 1. The first-order chi connectivity index (χ1) is 10.6. The summed E-state index contributed by atoms with van der Waals surface area (Å²) < 4.78 is 0. The molecule has 2 heterocycles. The Balaban J connectivity index is 1.94. The molecule has 3 aromatic rings. The van der Waals surface area contributed by atoms with Crippen LogP contribution >= 0.6 is 11.3 Å². The van der Waals surface area contributed by atoms with Crippen LogP contribution in [0.25, 0.3) is 21.8 Å². The predicted molar refractivity (Wildman–Crippen MR) is 89.8 cm³/mol. The molecule has 0 bridgehead atoms. The van der Waals surface area contributed by atoms with Crippen LogP contribution < -0.4 is 5.32 Å². The van der Waals surface area contributed by atoms with Gasteiger partial charge in [0.2, 0.25) is 5.91 Å². The Kier molecular flexibility index (Phi) is 3.98. The van der Waals surface area contributed by atoms with E-state index in [4.69, 9.17) is 4.98 Å². The molecule has 0 atom stereocenters. The van der Waals surface area contributed by atoms with Gasteiger partial charge in [-0.1, -0.05) is 12.1 Å². The molecule has 22 heavy (non-hydrogen) atoms. The quantitative estimate of drug-likeness (QED) is 0.791. The lowest BCUT2D eigenvalue weighted by Crippen LogP contribution is -2.05. The summed E-state index contributed by atoms with van der Waals surface area (Å²) in [7, 11) is 0. The molecule has 4 nitrogen and oxygen atoms in total. The standard InChI is InChI=1S/C17H15N3OS/c1-11-6-7-18-9-15(11)16-10-22-17(20-16)13-4-3-5-14(8-13)19-12(2)21/h3-10H,1-2H3,(H,19,21). The third-order valence-electron chi connectivity index (χ3n) is 3.25. The van der Waals surface area contributed by atoms with Gasteiger partial charge in [0.25, 0.3) is 0 Å². The first-order valence-corrected chi connectivity index (χ1v) is 7.76. The normalized spacial score (nSPS) is 10.5. The fourth-order valence-corrected chi connectivity index (χ4v) is 3.01. The average Bonchev–Trinajstić information content (AvgIpc) is 2.97. The lowest BCUT2D eigenvalue weighted by molar-refractivity contribution is -0.114. The van der Waals surface area contributed by atoms with E-state index in [0.29, 0.717) is 0 Å². The van der Waals surface area contributed by atoms with Crippen molar-refractivity contribution in [1.82, 2.24) is 9.97 Å². The van der Waals surface area contributed by atoms with Crippen molar-refractivity contribution in [3.63, 3.8) is 0 Å². The lowest BCUT2D eigenvalue weighted by Gasteiger charge is -2.03. The van der Waals surface area contributed by atoms with Crippen molar-refractivity contribution in [2.45, 2.75) is 13.8 Å². The number of hydrogen-bond acceptors (Lipinski definition) is 4. The molecule has 110 valence electrons. The Morgan fingerprint density at radius 2 is 2.14 bits per heavy atom. The molecule has 0 aliphatic heterocycles. The highest BCUT2D eigenvalue weighted by Crippen LogP contribution is 2.31. The van der Waals surface area contributed by atoms with Gasteiger partial charge in [-0.3, -0.25) is 9.78 Å². The third-order valence-corrected chi connectivity index (χ3v) is 4.14. The fourth-order valence-electron chi connectivity index (χ4n) is 2.20. The minimum Gasteiger partial charge on any atom is -0.326 e. The summed E-state index contributed by atoms with van der Waals surface area (Å²) in [5.41, 5.74) is 4.89. The van der Waals surface area contributed by atoms with Crippen molar-refractivity contribution in [2.24, 2.45) is 0 Å². The van der Waals surface area contributed by atoms with Crippen molar-refractivity contribution >= 4 is 22.9 Å². The highest BCUT2D eigenvalue weighted by atomic mass is 32.1. The van der Waals surface area contributed by atoms with Gasteiger partial charge in [-0.25, -0.2) is 4.98 Å². The summed E-state index contributed by atoms with van der Waals surface area (Å²) >= 11 is 1.58. The van der Waals surface area contributed by atoms with E-state index >= 15 is 0 Å². The maximum Gasteiger partial charge on any atom is 0.221 e. The first-order valence-electron chi connectivity index (χ1n) is 6.88. The SMILES string of the molecule is CC(=O)Nc1cccc(-c2nc(-c3cnccc3C)cs2)c1. The summed E-state index contributed by atoms with van der Waals surface area (Å²) in [4.78, 5) is 20.0. The van der Waals surface area contributed by atoms with Crippen LogP contribution in [0.1, 0.15) is 12.5 Å². The largest absolute Gasteiger partial charge is 0.326 e. The highest BCUT2D eigenvalue weighted by Gasteiger charge is 2.09. The van der Waals surface area contributed by atoms with Crippen LogP contribution in [0.3, 0.4) is 0 Å². The number of rotatable bonds is 3. The Hall–Kier alpha value is -2.53. The summed E-state index contributed by atoms with van der Waals surface area (Å²) in [5, 5.41) is 5.74. The maximum absolute atomic E-state index is 11.2. The topological polar surface area (TPSA) is 54.9 Å². The Morgan fingerprint density at radius 3 is 2.91 bits per heavy atom. The van der Waals surface area contributed by atoms with Gasteiger partial charge >= 0.3 is 0 Å². The van der Waals surface area contributed by atoms with Crippen LogP contribution in [0, 0.1) is 6.92 Å². The zero-order valence-corrected chi connectivity index (χ0v) is 13.1. The van der Waals surface area contributed by atoms with Crippen LogP contribution in [-0.2, 0) is 4.79 Å². The zero-order chi connectivity index (χ0) is 15.5. The number of nitrogens with zero attached hydrogens (tertiary/aromatic N) is 2. The molecular weight excluding hydrogens is 294 g/mol. The Labute approximate surface area is 132 Å². The minimum atomic E-state index is -0.0806. The lowest BCUT2D eigenvalue weighted by atomic mass is 10.1. The second kappa shape index (κ2) is 6.07. The van der Waals surface area contributed by atoms with Gasteiger partial charge in [0.1, 0.15) is 5.01 Å². The summed E-state index contributed by atoms with van der Waals surface area (Å²) in [6.45, 7) is 3.55. The molecule has 1 aromatic carbocycles. The van der Waals surface area contributed by atoms with Crippen molar-refractivity contribution in [3.05, 3.63) is 53.7 Å². The van der Waals surface area contributed by atoms with Crippen molar-refractivity contribution in [2.75, 3.05) is 5.32 Å². The average molecular weight is 309 g/mol. The van der Waals surface area contributed by atoms with Gasteiger partial charge < -0.3 is 5.32 Å². The Morgan fingerprint density at radius 1 is 1.27 bits per heavy atom. The number of aryl methyl sites for hydroxylation is 1. The molecule has 1 amide bonds. The van der Waals surface area contributed by atoms with Crippen molar-refractivity contribution in [3.8, 4) is 21.8 Å².